The first-order chi connectivity index (χ1) is 8.51. The second-order valence-corrected chi connectivity index (χ2v) is 13.1. The first-order valence-corrected chi connectivity index (χ1v) is 11.4. The SMILES string of the molecule is Cc1ccc(S(=O)(=O)I(O)c2ccccc2)cc1. The fourth-order valence-corrected chi connectivity index (χ4v) is 8.34. The van der Waals surface area contributed by atoms with E-state index in [4.69, 9.17) is 0 Å². The number of rotatable bonds is 3. The first-order valence-electron chi connectivity index (χ1n) is 5.28. The van der Waals surface area contributed by atoms with Crippen molar-refractivity contribution in [2.45, 2.75) is 11.8 Å². The molecule has 0 radical (unpaired) electrons. The summed E-state index contributed by atoms with van der Waals surface area (Å²) in [4.78, 5) is 0.199. The number of hydrogen-bond donors (Lipinski definition) is 1. The van der Waals surface area contributed by atoms with Crippen molar-refractivity contribution in [1.29, 1.82) is 0 Å². The van der Waals surface area contributed by atoms with Crippen LogP contribution in [0.3, 0.4) is 0 Å². The van der Waals surface area contributed by atoms with Crippen LogP contribution in [0.5, 0.6) is 0 Å². The molecule has 5 heteroatoms. The molecular formula is C13H13IO3S. The molecule has 2 rings (SSSR count). The van der Waals surface area contributed by atoms with Crippen molar-refractivity contribution in [3.8, 4) is 0 Å². The van der Waals surface area contributed by atoms with Crippen molar-refractivity contribution in [2.75, 3.05) is 0 Å². The Bertz CT molecular complexity index is 621. The molecule has 96 valence electrons. The minimum absolute atomic E-state index is 0.199. The Morgan fingerprint density at radius 2 is 1.50 bits per heavy atom. The van der Waals surface area contributed by atoms with Gasteiger partial charge in [0.25, 0.3) is 0 Å². The van der Waals surface area contributed by atoms with E-state index in [1.54, 1.807) is 54.6 Å². The summed E-state index contributed by atoms with van der Waals surface area (Å²) < 4.78 is 35.2. The zero-order valence-electron chi connectivity index (χ0n) is 9.75. The van der Waals surface area contributed by atoms with Crippen LogP contribution in [0.4, 0.5) is 0 Å². The van der Waals surface area contributed by atoms with Crippen LogP contribution in [0.2, 0.25) is 0 Å². The number of halogens is 1. The van der Waals surface area contributed by atoms with E-state index in [1.165, 1.54) is 0 Å². The molecule has 0 amide bonds. The predicted molar refractivity (Wildman–Crippen MR) is 79.7 cm³/mol. The summed E-state index contributed by atoms with van der Waals surface area (Å²) >= 11 is -3.23. The molecule has 0 aliphatic heterocycles. The zero-order valence-corrected chi connectivity index (χ0v) is 12.7. The monoisotopic (exact) mass is 376 g/mol. The molecule has 2 aromatic rings. The van der Waals surface area contributed by atoms with Crippen molar-refractivity contribution >= 4 is 25.9 Å². The Morgan fingerprint density at radius 3 is 2.06 bits per heavy atom. The first kappa shape index (κ1) is 13.5. The van der Waals surface area contributed by atoms with Gasteiger partial charge in [0.05, 0.1) is 0 Å². The Hall–Kier alpha value is -0.920. The number of benzene rings is 2. The molecule has 0 saturated carbocycles. The Balaban J connectivity index is 2.40. The number of aryl methyl sites for hydroxylation is 1. The van der Waals surface area contributed by atoms with Crippen LogP contribution in [0.25, 0.3) is 0 Å². The van der Waals surface area contributed by atoms with E-state index < -0.39 is 25.9 Å². The van der Waals surface area contributed by atoms with E-state index in [0.717, 1.165) is 5.56 Å². The zero-order chi connectivity index (χ0) is 13.2. The summed E-state index contributed by atoms with van der Waals surface area (Å²) in [5.74, 6) is 0. The Kier molecular flexibility index (Phi) is 4.04. The van der Waals surface area contributed by atoms with Crippen molar-refractivity contribution < 1.29 is 11.9 Å². The summed E-state index contributed by atoms with van der Waals surface area (Å²) in [7, 11) is -3.60. The molecule has 1 N–H and O–H groups in total. The second-order valence-electron chi connectivity index (χ2n) is 3.78. The van der Waals surface area contributed by atoms with Gasteiger partial charge < -0.3 is 0 Å². The van der Waals surface area contributed by atoms with Crippen molar-refractivity contribution in [2.24, 2.45) is 0 Å². The maximum atomic E-state index is 12.3. The molecule has 3 nitrogen and oxygen atoms in total. The summed E-state index contributed by atoms with van der Waals surface area (Å²) in [5, 5.41) is 0. The van der Waals surface area contributed by atoms with Gasteiger partial charge in [-0.15, -0.1) is 0 Å². The van der Waals surface area contributed by atoms with Gasteiger partial charge >= 0.3 is 113 Å². The molecule has 0 heterocycles. The van der Waals surface area contributed by atoms with E-state index in [2.05, 4.69) is 0 Å². The maximum absolute atomic E-state index is 12.3. The summed E-state index contributed by atoms with van der Waals surface area (Å²) in [6.45, 7) is 1.89. The summed E-state index contributed by atoms with van der Waals surface area (Å²) in [5.41, 5.74) is 0.993. The fourth-order valence-electron chi connectivity index (χ4n) is 1.42. The van der Waals surface area contributed by atoms with Crippen molar-refractivity contribution in [1.82, 2.24) is 0 Å². The standard InChI is InChI=1S/C13H13IO3S/c1-11-7-9-13(10-8-11)18(16,17)14(15)12-5-3-2-4-6-12/h2-10,15H,1H3. The third kappa shape index (κ3) is 2.73. The van der Waals surface area contributed by atoms with Crippen LogP contribution in [-0.4, -0.2) is 11.9 Å². The van der Waals surface area contributed by atoms with Gasteiger partial charge in [0.1, 0.15) is 0 Å². The fraction of sp³-hybridized carbons (Fsp3) is 0.0769. The molecule has 18 heavy (non-hydrogen) atoms. The van der Waals surface area contributed by atoms with E-state index >= 15 is 0 Å². The molecule has 0 aliphatic rings. The molecule has 2 aromatic carbocycles. The Labute approximate surface area is 113 Å². The van der Waals surface area contributed by atoms with E-state index in [-0.39, 0.29) is 4.90 Å². The van der Waals surface area contributed by atoms with Gasteiger partial charge in [0.15, 0.2) is 0 Å². The van der Waals surface area contributed by atoms with E-state index in [0.29, 0.717) is 3.57 Å². The van der Waals surface area contributed by atoms with Crippen LogP contribution >= 0.6 is 18.8 Å². The topological polar surface area (TPSA) is 54.4 Å². The molecule has 0 spiro atoms. The van der Waals surface area contributed by atoms with E-state index in [9.17, 15) is 11.9 Å². The molecule has 0 fully saturated rings. The van der Waals surface area contributed by atoms with Gasteiger partial charge in [0, 0.05) is 0 Å². The van der Waals surface area contributed by atoms with Gasteiger partial charge in [-0.3, -0.25) is 0 Å². The molecule has 0 saturated heterocycles. The second kappa shape index (κ2) is 5.38. The van der Waals surface area contributed by atoms with Crippen molar-refractivity contribution in [3.63, 3.8) is 0 Å². The van der Waals surface area contributed by atoms with Gasteiger partial charge in [-0.25, -0.2) is 0 Å². The molecule has 0 unspecified atom stereocenters. The number of hydrogen-bond acceptors (Lipinski definition) is 3. The average Bonchev–Trinajstić information content (AvgIpc) is 2.39. The van der Waals surface area contributed by atoms with Gasteiger partial charge in [-0.2, -0.15) is 0 Å². The van der Waals surface area contributed by atoms with Crippen molar-refractivity contribution in [3.05, 3.63) is 63.7 Å². The van der Waals surface area contributed by atoms with E-state index in [1.807, 2.05) is 6.92 Å². The third-order valence-electron chi connectivity index (χ3n) is 2.41. The van der Waals surface area contributed by atoms with Gasteiger partial charge in [0.2, 0.25) is 0 Å². The molecule has 0 bridgehead atoms. The van der Waals surface area contributed by atoms with Gasteiger partial charge in [-0.05, 0) is 0 Å². The molecule has 0 atom stereocenters. The van der Waals surface area contributed by atoms with Crippen LogP contribution < -0.4 is 0 Å². The quantitative estimate of drug-likeness (QED) is 0.662. The van der Waals surface area contributed by atoms with Gasteiger partial charge in [-0.1, -0.05) is 0 Å². The van der Waals surface area contributed by atoms with Crippen LogP contribution in [0.15, 0.2) is 59.5 Å². The normalized spacial score (nSPS) is 12.2. The van der Waals surface area contributed by atoms with Crippen LogP contribution in [-0.2, 0) is 7.01 Å². The average molecular weight is 376 g/mol. The molecule has 0 aromatic heterocycles. The summed E-state index contributed by atoms with van der Waals surface area (Å²) in [6.07, 6.45) is 0. The summed E-state index contributed by atoms with van der Waals surface area (Å²) in [6, 6.07) is 15.2. The molecular weight excluding hydrogens is 363 g/mol. The Morgan fingerprint density at radius 1 is 0.944 bits per heavy atom. The predicted octanol–water partition coefficient (Wildman–Crippen LogP) is 2.97. The third-order valence-corrected chi connectivity index (χ3v) is 11.4. The minimum atomic E-state index is -3.60. The van der Waals surface area contributed by atoms with Crippen LogP contribution in [0.1, 0.15) is 5.56 Å². The van der Waals surface area contributed by atoms with Crippen LogP contribution in [0, 0.1) is 10.5 Å². The molecule has 0 aliphatic carbocycles.